The lowest BCUT2D eigenvalue weighted by molar-refractivity contribution is 0.217. The van der Waals surface area contributed by atoms with Gasteiger partial charge in [-0.1, -0.05) is 6.92 Å². The molecule has 7 nitrogen and oxygen atoms in total. The van der Waals surface area contributed by atoms with Gasteiger partial charge in [0.25, 0.3) is 0 Å². The van der Waals surface area contributed by atoms with E-state index in [0.717, 1.165) is 53.8 Å². The number of anilines is 1. The molecule has 1 fully saturated rings. The van der Waals surface area contributed by atoms with Gasteiger partial charge in [0.1, 0.15) is 17.4 Å². The van der Waals surface area contributed by atoms with Crippen molar-refractivity contribution in [2.75, 3.05) is 24.6 Å². The molecule has 0 spiro atoms. The molecule has 0 bridgehead atoms. The summed E-state index contributed by atoms with van der Waals surface area (Å²) in [5.74, 6) is 1.98. The van der Waals surface area contributed by atoms with Gasteiger partial charge in [0.2, 0.25) is 11.8 Å². The molecule has 0 N–H and O–H groups in total. The molecule has 1 aliphatic heterocycles. The van der Waals surface area contributed by atoms with Crippen LogP contribution in [0.25, 0.3) is 11.0 Å². The molecule has 8 heteroatoms. The summed E-state index contributed by atoms with van der Waals surface area (Å²) in [6, 6.07) is 0. The van der Waals surface area contributed by atoms with Gasteiger partial charge in [-0.3, -0.25) is 0 Å². The SMILES string of the molecule is CCc1cnc(N2CCC(COc3ncnc4c(Br)cn(C)c34)CC2)nc1. The molecule has 0 saturated carbocycles. The Balaban J connectivity index is 1.36. The van der Waals surface area contributed by atoms with Crippen LogP contribution in [0.3, 0.4) is 0 Å². The van der Waals surface area contributed by atoms with Crippen molar-refractivity contribution in [2.45, 2.75) is 26.2 Å². The molecule has 3 aromatic heterocycles. The second kappa shape index (κ2) is 7.80. The molecule has 142 valence electrons. The summed E-state index contributed by atoms with van der Waals surface area (Å²) >= 11 is 3.53. The highest BCUT2D eigenvalue weighted by molar-refractivity contribution is 9.10. The van der Waals surface area contributed by atoms with Crippen molar-refractivity contribution in [1.82, 2.24) is 24.5 Å². The quantitative estimate of drug-likeness (QED) is 0.617. The molecule has 0 amide bonds. The van der Waals surface area contributed by atoms with Crippen LogP contribution >= 0.6 is 15.9 Å². The van der Waals surface area contributed by atoms with Gasteiger partial charge in [0.15, 0.2) is 0 Å². The molecule has 3 aromatic rings. The zero-order valence-electron chi connectivity index (χ0n) is 15.6. The summed E-state index contributed by atoms with van der Waals surface area (Å²) in [7, 11) is 1.98. The predicted octanol–water partition coefficient (Wildman–Crippen LogP) is 3.38. The number of piperidine rings is 1. The van der Waals surface area contributed by atoms with E-state index >= 15 is 0 Å². The molecule has 0 aliphatic carbocycles. The van der Waals surface area contributed by atoms with E-state index in [0.29, 0.717) is 18.4 Å². The molecule has 1 aliphatic rings. The zero-order chi connectivity index (χ0) is 18.8. The van der Waals surface area contributed by atoms with Crippen LogP contribution in [0.1, 0.15) is 25.3 Å². The molecule has 4 heterocycles. The van der Waals surface area contributed by atoms with Crippen LogP contribution in [0.2, 0.25) is 0 Å². The maximum Gasteiger partial charge on any atom is 0.241 e. The van der Waals surface area contributed by atoms with E-state index in [2.05, 4.69) is 47.7 Å². The van der Waals surface area contributed by atoms with E-state index in [1.165, 1.54) is 5.56 Å². The first-order valence-electron chi connectivity index (χ1n) is 9.30. The van der Waals surface area contributed by atoms with Gasteiger partial charge in [-0.05, 0) is 46.7 Å². The van der Waals surface area contributed by atoms with Crippen molar-refractivity contribution in [2.24, 2.45) is 13.0 Å². The number of rotatable bonds is 5. The van der Waals surface area contributed by atoms with Crippen LogP contribution < -0.4 is 9.64 Å². The fraction of sp³-hybridized carbons (Fsp3) is 0.474. The summed E-state index contributed by atoms with van der Waals surface area (Å²) in [5.41, 5.74) is 2.97. The Morgan fingerprint density at radius 2 is 1.89 bits per heavy atom. The van der Waals surface area contributed by atoms with Crippen molar-refractivity contribution in [3.05, 3.63) is 35.0 Å². The number of fused-ring (bicyclic) bond motifs is 1. The largest absolute Gasteiger partial charge is 0.476 e. The maximum absolute atomic E-state index is 6.08. The summed E-state index contributed by atoms with van der Waals surface area (Å²) < 4.78 is 9.03. The molecule has 0 aromatic carbocycles. The zero-order valence-corrected chi connectivity index (χ0v) is 17.2. The smallest absolute Gasteiger partial charge is 0.241 e. The molecule has 27 heavy (non-hydrogen) atoms. The average Bonchev–Trinajstić information content (AvgIpc) is 3.01. The molecular weight excluding hydrogens is 408 g/mol. The predicted molar refractivity (Wildman–Crippen MR) is 108 cm³/mol. The van der Waals surface area contributed by atoms with Crippen molar-refractivity contribution in [3.63, 3.8) is 0 Å². The van der Waals surface area contributed by atoms with E-state index < -0.39 is 0 Å². The first kappa shape index (κ1) is 18.2. The molecular formula is C19H23BrN6O. The van der Waals surface area contributed by atoms with Gasteiger partial charge >= 0.3 is 0 Å². The molecule has 0 atom stereocenters. The number of hydrogen-bond donors (Lipinski definition) is 0. The highest BCUT2D eigenvalue weighted by atomic mass is 79.9. The van der Waals surface area contributed by atoms with Gasteiger partial charge in [0.05, 0.1) is 11.1 Å². The van der Waals surface area contributed by atoms with Crippen LogP contribution in [0.4, 0.5) is 5.95 Å². The summed E-state index contributed by atoms with van der Waals surface area (Å²) in [5, 5.41) is 0. The van der Waals surface area contributed by atoms with Gasteiger partial charge < -0.3 is 14.2 Å². The fourth-order valence-corrected chi connectivity index (χ4v) is 4.04. The van der Waals surface area contributed by atoms with Gasteiger partial charge in [-0.25, -0.2) is 15.0 Å². The topological polar surface area (TPSA) is 69.0 Å². The number of aryl methyl sites for hydroxylation is 2. The Labute approximate surface area is 166 Å². The third-order valence-corrected chi connectivity index (χ3v) is 5.71. The molecule has 0 radical (unpaired) electrons. The maximum atomic E-state index is 6.08. The monoisotopic (exact) mass is 430 g/mol. The third-order valence-electron chi connectivity index (χ3n) is 5.13. The highest BCUT2D eigenvalue weighted by Gasteiger charge is 2.22. The van der Waals surface area contributed by atoms with Crippen molar-refractivity contribution < 1.29 is 4.74 Å². The van der Waals surface area contributed by atoms with Crippen LogP contribution in [-0.2, 0) is 13.5 Å². The fourth-order valence-electron chi connectivity index (χ4n) is 3.45. The minimum Gasteiger partial charge on any atom is -0.476 e. The Hall–Kier alpha value is -2.22. The number of hydrogen-bond acceptors (Lipinski definition) is 6. The Kier molecular flexibility index (Phi) is 5.24. The van der Waals surface area contributed by atoms with Crippen molar-refractivity contribution in [1.29, 1.82) is 0 Å². The normalized spacial score (nSPS) is 15.4. The average molecular weight is 431 g/mol. The summed E-state index contributed by atoms with van der Waals surface area (Å²) in [6.45, 7) is 4.69. The lowest BCUT2D eigenvalue weighted by Crippen LogP contribution is -2.36. The number of nitrogens with zero attached hydrogens (tertiary/aromatic N) is 6. The van der Waals surface area contributed by atoms with Gasteiger partial charge in [-0.2, -0.15) is 4.98 Å². The standard InChI is InChI=1S/C19H23BrN6O/c1-3-13-8-21-19(22-9-13)26-6-4-14(5-7-26)11-27-18-17-16(23-12-24-18)15(20)10-25(17)2/h8-10,12,14H,3-7,11H2,1-2H3. The lowest BCUT2D eigenvalue weighted by atomic mass is 9.98. The Bertz CT molecular complexity index is 918. The second-order valence-electron chi connectivity index (χ2n) is 6.95. The lowest BCUT2D eigenvalue weighted by Gasteiger charge is -2.31. The van der Waals surface area contributed by atoms with Crippen molar-refractivity contribution in [3.8, 4) is 5.88 Å². The Morgan fingerprint density at radius 1 is 1.15 bits per heavy atom. The minimum absolute atomic E-state index is 0.505. The summed E-state index contributed by atoms with van der Waals surface area (Å²) in [6.07, 6.45) is 10.5. The molecule has 0 unspecified atom stereocenters. The number of halogens is 1. The van der Waals surface area contributed by atoms with Crippen LogP contribution in [-0.4, -0.2) is 44.2 Å². The first-order chi connectivity index (χ1) is 13.2. The van der Waals surface area contributed by atoms with E-state index in [1.54, 1.807) is 6.33 Å². The third kappa shape index (κ3) is 3.76. The van der Waals surface area contributed by atoms with E-state index in [9.17, 15) is 0 Å². The second-order valence-corrected chi connectivity index (χ2v) is 7.80. The van der Waals surface area contributed by atoms with E-state index in [-0.39, 0.29) is 0 Å². The number of ether oxygens (including phenoxy) is 1. The first-order valence-corrected chi connectivity index (χ1v) is 10.1. The van der Waals surface area contributed by atoms with Gasteiger partial charge in [0, 0.05) is 38.7 Å². The number of aromatic nitrogens is 5. The molecule has 4 rings (SSSR count). The summed E-state index contributed by atoms with van der Waals surface area (Å²) in [4.78, 5) is 19.9. The van der Waals surface area contributed by atoms with E-state index in [4.69, 9.17) is 4.74 Å². The van der Waals surface area contributed by atoms with E-state index in [1.807, 2.05) is 30.2 Å². The highest BCUT2D eigenvalue weighted by Crippen LogP contribution is 2.29. The van der Waals surface area contributed by atoms with Crippen molar-refractivity contribution >= 4 is 32.9 Å². The van der Waals surface area contributed by atoms with Crippen LogP contribution in [0.15, 0.2) is 29.4 Å². The minimum atomic E-state index is 0.505. The van der Waals surface area contributed by atoms with Crippen LogP contribution in [0.5, 0.6) is 5.88 Å². The van der Waals surface area contributed by atoms with Gasteiger partial charge in [-0.15, -0.1) is 0 Å². The van der Waals surface area contributed by atoms with Crippen LogP contribution in [0, 0.1) is 5.92 Å². The Morgan fingerprint density at radius 3 is 2.59 bits per heavy atom. The molecule has 1 saturated heterocycles.